The zero-order valence-corrected chi connectivity index (χ0v) is 14.2. The number of hydrogen-bond acceptors (Lipinski definition) is 5. The van der Waals surface area contributed by atoms with E-state index in [0.29, 0.717) is 12.3 Å². The van der Waals surface area contributed by atoms with Crippen molar-refractivity contribution < 1.29 is 9.15 Å². The van der Waals surface area contributed by atoms with Crippen molar-refractivity contribution in [3.63, 3.8) is 0 Å². The molecule has 7 heteroatoms. The molecular formula is C17H17ClN4O2. The van der Waals surface area contributed by atoms with Crippen molar-refractivity contribution in [2.24, 2.45) is 0 Å². The summed E-state index contributed by atoms with van der Waals surface area (Å²) in [4.78, 5) is 4.45. The molecule has 0 bridgehead atoms. The number of aromatic nitrogens is 4. The SMILES string of the molecule is COc1ccc2c3ccnc(C)c3n(CCc3nnco3)c2c1.Cl. The number of aryl methyl sites for hydroxylation is 3. The first-order valence-corrected chi connectivity index (χ1v) is 7.44. The fraction of sp³-hybridized carbons (Fsp3) is 0.235. The Morgan fingerprint density at radius 3 is 2.83 bits per heavy atom. The van der Waals surface area contributed by atoms with Gasteiger partial charge in [-0.1, -0.05) is 0 Å². The van der Waals surface area contributed by atoms with Crippen molar-refractivity contribution in [2.45, 2.75) is 19.9 Å². The topological polar surface area (TPSA) is 66.0 Å². The highest BCUT2D eigenvalue weighted by molar-refractivity contribution is 6.09. The van der Waals surface area contributed by atoms with E-state index in [0.717, 1.165) is 29.0 Å². The van der Waals surface area contributed by atoms with Crippen molar-refractivity contribution in [3.8, 4) is 5.75 Å². The summed E-state index contributed by atoms with van der Waals surface area (Å²) in [7, 11) is 1.68. The summed E-state index contributed by atoms with van der Waals surface area (Å²) in [5.74, 6) is 1.47. The normalized spacial score (nSPS) is 10.9. The molecule has 0 aliphatic heterocycles. The third-order valence-corrected chi connectivity index (χ3v) is 4.12. The first-order chi connectivity index (χ1) is 11.3. The van der Waals surface area contributed by atoms with Crippen LogP contribution in [0.5, 0.6) is 5.75 Å². The highest BCUT2D eigenvalue weighted by Crippen LogP contribution is 2.32. The number of benzene rings is 1. The molecule has 124 valence electrons. The number of halogens is 1. The fourth-order valence-electron chi connectivity index (χ4n) is 3.07. The largest absolute Gasteiger partial charge is 0.497 e. The Bertz CT molecular complexity index is 979. The molecule has 0 amide bonds. The molecular weight excluding hydrogens is 328 g/mol. The minimum atomic E-state index is 0. The van der Waals surface area contributed by atoms with Crippen LogP contribution < -0.4 is 4.74 Å². The van der Waals surface area contributed by atoms with Crippen LogP contribution in [0.4, 0.5) is 0 Å². The Morgan fingerprint density at radius 1 is 1.21 bits per heavy atom. The Hall–Kier alpha value is -2.60. The minimum absolute atomic E-state index is 0. The number of methoxy groups -OCH3 is 1. The summed E-state index contributed by atoms with van der Waals surface area (Å²) in [5.41, 5.74) is 3.26. The van der Waals surface area contributed by atoms with Crippen LogP contribution in [0.25, 0.3) is 21.8 Å². The number of fused-ring (bicyclic) bond motifs is 3. The van der Waals surface area contributed by atoms with Crippen LogP contribution in [0.2, 0.25) is 0 Å². The van der Waals surface area contributed by atoms with Gasteiger partial charge in [-0.25, -0.2) is 0 Å². The molecule has 4 rings (SSSR count). The Kier molecular flexibility index (Phi) is 4.40. The maximum Gasteiger partial charge on any atom is 0.218 e. The van der Waals surface area contributed by atoms with Crippen molar-refractivity contribution in [2.75, 3.05) is 7.11 Å². The Labute approximate surface area is 144 Å². The fourth-order valence-corrected chi connectivity index (χ4v) is 3.07. The quantitative estimate of drug-likeness (QED) is 0.566. The summed E-state index contributed by atoms with van der Waals surface area (Å²) in [5, 5.41) is 10.1. The van der Waals surface area contributed by atoms with Gasteiger partial charge in [-0.15, -0.1) is 22.6 Å². The van der Waals surface area contributed by atoms with Gasteiger partial charge in [0.05, 0.1) is 23.8 Å². The predicted octanol–water partition coefficient (Wildman–Crippen LogP) is 3.55. The first kappa shape index (κ1) is 16.3. The molecule has 3 heterocycles. The van der Waals surface area contributed by atoms with Crippen molar-refractivity contribution >= 4 is 34.2 Å². The molecule has 0 aliphatic carbocycles. The van der Waals surface area contributed by atoms with Crippen LogP contribution in [-0.4, -0.2) is 26.9 Å². The second-order valence-electron chi connectivity index (χ2n) is 5.41. The molecule has 0 saturated heterocycles. The third-order valence-electron chi connectivity index (χ3n) is 4.12. The van der Waals surface area contributed by atoms with E-state index < -0.39 is 0 Å². The van der Waals surface area contributed by atoms with E-state index in [9.17, 15) is 0 Å². The lowest BCUT2D eigenvalue weighted by atomic mass is 10.1. The second kappa shape index (κ2) is 6.49. The van der Waals surface area contributed by atoms with E-state index in [2.05, 4.69) is 37.9 Å². The molecule has 0 unspecified atom stereocenters. The van der Waals surface area contributed by atoms with E-state index in [4.69, 9.17) is 9.15 Å². The van der Waals surface area contributed by atoms with Gasteiger partial charge in [0.25, 0.3) is 0 Å². The van der Waals surface area contributed by atoms with E-state index in [1.54, 1.807) is 7.11 Å². The van der Waals surface area contributed by atoms with Crippen LogP contribution in [-0.2, 0) is 13.0 Å². The van der Waals surface area contributed by atoms with E-state index >= 15 is 0 Å². The van der Waals surface area contributed by atoms with Gasteiger partial charge in [-0.05, 0) is 25.1 Å². The molecule has 4 aromatic rings. The van der Waals surface area contributed by atoms with Gasteiger partial charge in [0, 0.05) is 36.0 Å². The van der Waals surface area contributed by atoms with Gasteiger partial charge in [0.1, 0.15) is 5.75 Å². The zero-order valence-electron chi connectivity index (χ0n) is 13.4. The number of ether oxygens (including phenoxy) is 1. The maximum absolute atomic E-state index is 5.38. The lowest BCUT2D eigenvalue weighted by Crippen LogP contribution is -2.03. The van der Waals surface area contributed by atoms with Gasteiger partial charge < -0.3 is 13.7 Å². The molecule has 6 nitrogen and oxygen atoms in total. The number of rotatable bonds is 4. The highest BCUT2D eigenvalue weighted by Gasteiger charge is 2.14. The third kappa shape index (κ3) is 2.59. The van der Waals surface area contributed by atoms with Crippen LogP contribution in [0, 0.1) is 6.92 Å². The summed E-state index contributed by atoms with van der Waals surface area (Å²) in [6, 6.07) is 8.20. The summed E-state index contributed by atoms with van der Waals surface area (Å²) >= 11 is 0. The molecule has 24 heavy (non-hydrogen) atoms. The number of pyridine rings is 1. The van der Waals surface area contributed by atoms with Crippen molar-refractivity contribution in [3.05, 3.63) is 48.4 Å². The highest BCUT2D eigenvalue weighted by atomic mass is 35.5. The van der Waals surface area contributed by atoms with Gasteiger partial charge in [0.2, 0.25) is 12.3 Å². The van der Waals surface area contributed by atoms with Crippen molar-refractivity contribution in [1.29, 1.82) is 0 Å². The van der Waals surface area contributed by atoms with Gasteiger partial charge in [-0.3, -0.25) is 4.98 Å². The molecule has 0 aliphatic rings. The lowest BCUT2D eigenvalue weighted by Gasteiger charge is -2.08. The molecule has 0 fully saturated rings. The predicted molar refractivity (Wildman–Crippen MR) is 93.8 cm³/mol. The van der Waals surface area contributed by atoms with Crippen molar-refractivity contribution in [1.82, 2.24) is 19.7 Å². The average molecular weight is 345 g/mol. The molecule has 1 aromatic carbocycles. The summed E-state index contributed by atoms with van der Waals surface area (Å²) < 4.78 is 12.9. The lowest BCUT2D eigenvalue weighted by molar-refractivity contribution is 0.415. The number of hydrogen-bond donors (Lipinski definition) is 0. The summed E-state index contributed by atoms with van der Waals surface area (Å²) in [6.45, 7) is 2.77. The zero-order chi connectivity index (χ0) is 15.8. The van der Waals surface area contributed by atoms with Gasteiger partial charge in [0.15, 0.2) is 0 Å². The monoisotopic (exact) mass is 344 g/mol. The average Bonchev–Trinajstić information content (AvgIpc) is 3.19. The minimum Gasteiger partial charge on any atom is -0.497 e. The van der Waals surface area contributed by atoms with Gasteiger partial charge in [-0.2, -0.15) is 0 Å². The first-order valence-electron chi connectivity index (χ1n) is 7.44. The van der Waals surface area contributed by atoms with E-state index in [1.165, 1.54) is 17.2 Å². The molecule has 0 N–H and O–H groups in total. The second-order valence-corrected chi connectivity index (χ2v) is 5.41. The van der Waals surface area contributed by atoms with Crippen LogP contribution in [0.15, 0.2) is 41.3 Å². The summed E-state index contributed by atoms with van der Waals surface area (Å²) in [6.07, 6.45) is 3.88. The molecule has 0 radical (unpaired) electrons. The maximum atomic E-state index is 5.38. The van der Waals surface area contributed by atoms with E-state index in [-0.39, 0.29) is 12.4 Å². The standard InChI is InChI=1S/C17H16N4O2.ClH/c1-11-17-14(5-7-18-11)13-4-3-12(22-2)9-15(13)21(17)8-6-16-20-19-10-23-16;/h3-5,7,9-10H,6,8H2,1-2H3;1H. The van der Waals surface area contributed by atoms with Gasteiger partial charge >= 0.3 is 0 Å². The molecule has 3 aromatic heterocycles. The van der Waals surface area contributed by atoms with Crippen LogP contribution in [0.1, 0.15) is 11.6 Å². The van der Waals surface area contributed by atoms with Crippen LogP contribution >= 0.6 is 12.4 Å². The smallest absolute Gasteiger partial charge is 0.218 e. The Balaban J connectivity index is 0.00000169. The number of nitrogens with zero attached hydrogens (tertiary/aromatic N) is 4. The van der Waals surface area contributed by atoms with Crippen LogP contribution in [0.3, 0.4) is 0 Å². The molecule has 0 saturated carbocycles. The Morgan fingerprint density at radius 2 is 2.08 bits per heavy atom. The van der Waals surface area contributed by atoms with E-state index in [1.807, 2.05) is 19.2 Å². The molecule has 0 atom stereocenters. The molecule has 0 spiro atoms.